The van der Waals surface area contributed by atoms with E-state index in [0.717, 1.165) is 5.56 Å². The van der Waals surface area contributed by atoms with Gasteiger partial charge < -0.3 is 10.4 Å². The second-order valence-corrected chi connectivity index (χ2v) is 4.43. The van der Waals surface area contributed by atoms with Crippen LogP contribution in [0.25, 0.3) is 0 Å². The number of rotatable bonds is 4. The van der Waals surface area contributed by atoms with Crippen LogP contribution in [-0.2, 0) is 9.59 Å². The van der Waals surface area contributed by atoms with Gasteiger partial charge in [0.25, 0.3) is 0 Å². The van der Waals surface area contributed by atoms with E-state index in [-0.39, 0.29) is 17.9 Å². The summed E-state index contributed by atoms with van der Waals surface area (Å²) >= 11 is 0. The lowest BCUT2D eigenvalue weighted by Crippen LogP contribution is -2.29. The lowest BCUT2D eigenvalue weighted by atomic mass is 10.1. The molecular formula is C13H15NO3. The lowest BCUT2D eigenvalue weighted by molar-refractivity contribution is -0.140. The molecule has 1 aliphatic carbocycles. The molecule has 1 aromatic carbocycles. The van der Waals surface area contributed by atoms with Crippen molar-refractivity contribution in [2.45, 2.75) is 19.4 Å². The molecule has 17 heavy (non-hydrogen) atoms. The number of carbonyl (C=O) groups is 2. The fourth-order valence-corrected chi connectivity index (χ4v) is 1.90. The molecule has 0 spiro atoms. The predicted octanol–water partition coefficient (Wildman–Crippen LogP) is 1.58. The maximum atomic E-state index is 11.7. The first-order valence-corrected chi connectivity index (χ1v) is 5.67. The highest BCUT2D eigenvalue weighted by molar-refractivity contribution is 5.89. The summed E-state index contributed by atoms with van der Waals surface area (Å²) in [5.41, 5.74) is 1.02. The minimum Gasteiger partial charge on any atom is -0.481 e. The van der Waals surface area contributed by atoms with Gasteiger partial charge in [-0.15, -0.1) is 0 Å². The zero-order valence-corrected chi connectivity index (χ0v) is 9.59. The van der Waals surface area contributed by atoms with Gasteiger partial charge in [0.2, 0.25) is 5.91 Å². The molecule has 1 saturated carbocycles. The van der Waals surface area contributed by atoms with Crippen LogP contribution >= 0.6 is 0 Å². The summed E-state index contributed by atoms with van der Waals surface area (Å²) in [6, 6.07) is 9.53. The minimum atomic E-state index is -0.877. The Morgan fingerprint density at radius 1 is 1.29 bits per heavy atom. The third kappa shape index (κ3) is 2.64. The highest BCUT2D eigenvalue weighted by Gasteiger charge is 2.48. The number of aliphatic carboxylic acids is 1. The maximum absolute atomic E-state index is 11.7. The highest BCUT2D eigenvalue weighted by atomic mass is 16.4. The van der Waals surface area contributed by atoms with Crippen LogP contribution < -0.4 is 5.32 Å². The third-order valence-corrected chi connectivity index (χ3v) is 3.10. The van der Waals surface area contributed by atoms with Crippen molar-refractivity contribution in [2.75, 3.05) is 0 Å². The van der Waals surface area contributed by atoms with Crippen molar-refractivity contribution in [3.05, 3.63) is 35.9 Å². The fourth-order valence-electron chi connectivity index (χ4n) is 1.90. The number of benzene rings is 1. The largest absolute Gasteiger partial charge is 0.481 e. The number of carboxylic acids is 1. The van der Waals surface area contributed by atoms with E-state index in [1.54, 1.807) is 0 Å². The fraction of sp³-hybridized carbons (Fsp3) is 0.385. The second kappa shape index (κ2) is 4.57. The van der Waals surface area contributed by atoms with Gasteiger partial charge in [-0.25, -0.2) is 0 Å². The van der Waals surface area contributed by atoms with E-state index in [4.69, 9.17) is 5.11 Å². The van der Waals surface area contributed by atoms with Crippen LogP contribution in [0.2, 0.25) is 0 Å². The van der Waals surface area contributed by atoms with E-state index < -0.39 is 11.9 Å². The Bertz CT molecular complexity index is 430. The second-order valence-electron chi connectivity index (χ2n) is 4.43. The first-order valence-electron chi connectivity index (χ1n) is 5.67. The lowest BCUT2D eigenvalue weighted by Gasteiger charge is -2.13. The van der Waals surface area contributed by atoms with Gasteiger partial charge in [-0.3, -0.25) is 9.59 Å². The van der Waals surface area contributed by atoms with Crippen LogP contribution in [0.3, 0.4) is 0 Å². The molecule has 1 amide bonds. The SMILES string of the molecule is C[C@H](NC(=O)C1CC1C(=O)O)c1ccccc1. The van der Waals surface area contributed by atoms with Crippen LogP contribution in [0.15, 0.2) is 30.3 Å². The van der Waals surface area contributed by atoms with Crippen molar-refractivity contribution in [3.8, 4) is 0 Å². The van der Waals surface area contributed by atoms with Gasteiger partial charge in [0.05, 0.1) is 17.9 Å². The van der Waals surface area contributed by atoms with Gasteiger partial charge in [0, 0.05) is 0 Å². The van der Waals surface area contributed by atoms with Gasteiger partial charge in [0.15, 0.2) is 0 Å². The van der Waals surface area contributed by atoms with E-state index in [1.807, 2.05) is 37.3 Å². The summed E-state index contributed by atoms with van der Waals surface area (Å²) in [6.07, 6.45) is 0.461. The van der Waals surface area contributed by atoms with Crippen molar-refractivity contribution in [1.29, 1.82) is 0 Å². The molecule has 0 aliphatic heterocycles. The summed E-state index contributed by atoms with van der Waals surface area (Å²) < 4.78 is 0. The standard InChI is InChI=1S/C13H15NO3/c1-8(9-5-3-2-4-6-9)14-12(15)10-7-11(10)13(16)17/h2-6,8,10-11H,7H2,1H3,(H,14,15)(H,16,17)/t8-,10?,11?/m0/s1. The Morgan fingerprint density at radius 3 is 2.47 bits per heavy atom. The topological polar surface area (TPSA) is 66.4 Å². The van der Waals surface area contributed by atoms with Crippen molar-refractivity contribution in [2.24, 2.45) is 11.8 Å². The van der Waals surface area contributed by atoms with Gasteiger partial charge in [-0.2, -0.15) is 0 Å². The smallest absolute Gasteiger partial charge is 0.307 e. The quantitative estimate of drug-likeness (QED) is 0.829. The number of hydrogen-bond acceptors (Lipinski definition) is 2. The Labute approximate surface area is 99.6 Å². The van der Waals surface area contributed by atoms with Crippen LogP contribution in [0, 0.1) is 11.8 Å². The zero-order valence-electron chi connectivity index (χ0n) is 9.59. The number of carboxylic acid groups (broad SMARTS) is 1. The van der Waals surface area contributed by atoms with Gasteiger partial charge in [0.1, 0.15) is 0 Å². The molecule has 0 aromatic heterocycles. The van der Waals surface area contributed by atoms with Crippen molar-refractivity contribution < 1.29 is 14.7 Å². The molecule has 2 rings (SSSR count). The molecule has 2 unspecified atom stereocenters. The average molecular weight is 233 g/mol. The summed E-state index contributed by atoms with van der Waals surface area (Å²) in [5, 5.41) is 11.6. The molecule has 90 valence electrons. The van der Waals surface area contributed by atoms with Crippen molar-refractivity contribution in [1.82, 2.24) is 5.32 Å². The molecule has 0 saturated heterocycles. The molecule has 1 aliphatic rings. The Kier molecular flexibility index (Phi) is 3.13. The van der Waals surface area contributed by atoms with Crippen LogP contribution in [-0.4, -0.2) is 17.0 Å². The predicted molar refractivity (Wildman–Crippen MR) is 62.2 cm³/mol. The first kappa shape index (κ1) is 11.6. The van der Waals surface area contributed by atoms with Crippen molar-refractivity contribution in [3.63, 3.8) is 0 Å². The van der Waals surface area contributed by atoms with E-state index in [9.17, 15) is 9.59 Å². The summed E-state index contributed by atoms with van der Waals surface area (Å²) in [4.78, 5) is 22.4. The molecule has 0 bridgehead atoms. The molecule has 4 heteroatoms. The number of carbonyl (C=O) groups excluding carboxylic acids is 1. The minimum absolute atomic E-state index is 0.0845. The molecule has 0 radical (unpaired) electrons. The Hall–Kier alpha value is -1.84. The zero-order chi connectivity index (χ0) is 12.4. The van der Waals surface area contributed by atoms with Crippen LogP contribution in [0.5, 0.6) is 0 Å². The molecule has 2 N–H and O–H groups in total. The summed E-state index contributed by atoms with van der Waals surface area (Å²) in [6.45, 7) is 1.89. The van der Waals surface area contributed by atoms with E-state index >= 15 is 0 Å². The van der Waals surface area contributed by atoms with E-state index in [1.165, 1.54) is 0 Å². The van der Waals surface area contributed by atoms with E-state index in [2.05, 4.69) is 5.32 Å². The average Bonchev–Trinajstić information content (AvgIpc) is 3.10. The van der Waals surface area contributed by atoms with Gasteiger partial charge in [-0.1, -0.05) is 30.3 Å². The summed E-state index contributed by atoms with van der Waals surface area (Å²) in [7, 11) is 0. The first-order chi connectivity index (χ1) is 8.09. The van der Waals surface area contributed by atoms with Crippen LogP contribution in [0.1, 0.15) is 24.9 Å². The molecule has 0 heterocycles. The molecule has 3 atom stereocenters. The molecule has 4 nitrogen and oxygen atoms in total. The molecule has 1 fully saturated rings. The molecule has 1 aromatic rings. The van der Waals surface area contributed by atoms with Gasteiger partial charge in [-0.05, 0) is 18.9 Å². The summed E-state index contributed by atoms with van der Waals surface area (Å²) in [5.74, 6) is -1.87. The normalized spacial score (nSPS) is 23.8. The third-order valence-electron chi connectivity index (χ3n) is 3.10. The van der Waals surface area contributed by atoms with Gasteiger partial charge >= 0.3 is 5.97 Å². The maximum Gasteiger partial charge on any atom is 0.307 e. The number of amides is 1. The molecular weight excluding hydrogens is 218 g/mol. The van der Waals surface area contributed by atoms with E-state index in [0.29, 0.717) is 6.42 Å². The number of nitrogens with one attached hydrogen (secondary N) is 1. The number of hydrogen-bond donors (Lipinski definition) is 2. The monoisotopic (exact) mass is 233 g/mol. The Balaban J connectivity index is 1.90. The van der Waals surface area contributed by atoms with Crippen molar-refractivity contribution >= 4 is 11.9 Å². The highest BCUT2D eigenvalue weighted by Crippen LogP contribution is 2.39. The van der Waals surface area contributed by atoms with Crippen LogP contribution in [0.4, 0.5) is 0 Å². The Morgan fingerprint density at radius 2 is 1.94 bits per heavy atom.